The summed E-state index contributed by atoms with van der Waals surface area (Å²) in [4.78, 5) is 2.57. The highest BCUT2D eigenvalue weighted by Crippen LogP contribution is 2.19. The Kier molecular flexibility index (Phi) is 4.62. The molecule has 2 atom stereocenters. The van der Waals surface area contributed by atoms with E-state index >= 15 is 0 Å². The first-order valence-corrected chi connectivity index (χ1v) is 6.84. The average Bonchev–Trinajstić information content (AvgIpc) is 2.66. The molecule has 3 heteroatoms. The summed E-state index contributed by atoms with van der Waals surface area (Å²) in [5, 5.41) is 3.36. The lowest BCUT2D eigenvalue weighted by atomic mass is 9.88. The lowest BCUT2D eigenvalue weighted by molar-refractivity contribution is 0.0635. The zero-order valence-corrected chi connectivity index (χ0v) is 10.7. The molecule has 2 aliphatic rings. The molecule has 3 nitrogen and oxygen atoms in total. The second kappa shape index (κ2) is 5.99. The van der Waals surface area contributed by atoms with Crippen molar-refractivity contribution in [3.8, 4) is 0 Å². The van der Waals surface area contributed by atoms with Gasteiger partial charge in [0, 0.05) is 19.7 Å². The smallest absolute Gasteiger partial charge is 0.0702 e. The highest BCUT2D eigenvalue weighted by atomic mass is 16.5. The predicted molar refractivity (Wildman–Crippen MR) is 66.6 cm³/mol. The normalized spacial score (nSPS) is 28.3. The van der Waals surface area contributed by atoms with E-state index in [0.717, 1.165) is 31.5 Å². The van der Waals surface area contributed by atoms with E-state index in [0.29, 0.717) is 6.10 Å². The van der Waals surface area contributed by atoms with Gasteiger partial charge in [-0.15, -0.1) is 0 Å². The van der Waals surface area contributed by atoms with Crippen molar-refractivity contribution in [1.82, 2.24) is 10.2 Å². The van der Waals surface area contributed by atoms with Gasteiger partial charge in [0.25, 0.3) is 0 Å². The van der Waals surface area contributed by atoms with Gasteiger partial charge >= 0.3 is 0 Å². The van der Waals surface area contributed by atoms with Gasteiger partial charge in [-0.2, -0.15) is 0 Å². The van der Waals surface area contributed by atoms with E-state index in [2.05, 4.69) is 24.1 Å². The number of nitrogens with zero attached hydrogens (tertiary/aromatic N) is 1. The largest absolute Gasteiger partial charge is 0.377 e. The first kappa shape index (κ1) is 12.3. The molecule has 1 N–H and O–H groups in total. The molecular formula is C13H26N2O. The third kappa shape index (κ3) is 3.19. The molecule has 0 aliphatic carbocycles. The maximum Gasteiger partial charge on any atom is 0.0702 e. The van der Waals surface area contributed by atoms with Gasteiger partial charge in [0.05, 0.1) is 6.10 Å². The molecule has 0 spiro atoms. The molecule has 2 heterocycles. The van der Waals surface area contributed by atoms with Gasteiger partial charge < -0.3 is 15.0 Å². The molecule has 0 aromatic rings. The van der Waals surface area contributed by atoms with Crippen LogP contribution in [0.25, 0.3) is 0 Å². The summed E-state index contributed by atoms with van der Waals surface area (Å²) < 4.78 is 5.71. The lowest BCUT2D eigenvalue weighted by Crippen LogP contribution is -2.48. The molecule has 0 saturated carbocycles. The Labute approximate surface area is 99.5 Å². The summed E-state index contributed by atoms with van der Waals surface area (Å²) >= 11 is 0. The van der Waals surface area contributed by atoms with Crippen LogP contribution in [0.4, 0.5) is 0 Å². The Morgan fingerprint density at radius 2 is 2.25 bits per heavy atom. The van der Waals surface area contributed by atoms with Crippen molar-refractivity contribution < 1.29 is 4.74 Å². The van der Waals surface area contributed by atoms with E-state index in [9.17, 15) is 0 Å². The fourth-order valence-electron chi connectivity index (χ4n) is 2.68. The van der Waals surface area contributed by atoms with Crippen LogP contribution in [-0.4, -0.2) is 50.3 Å². The van der Waals surface area contributed by atoms with Crippen LogP contribution in [-0.2, 0) is 4.74 Å². The Morgan fingerprint density at radius 1 is 1.44 bits per heavy atom. The molecule has 0 bridgehead atoms. The average molecular weight is 226 g/mol. The minimum Gasteiger partial charge on any atom is -0.377 e. The van der Waals surface area contributed by atoms with Crippen molar-refractivity contribution in [3.05, 3.63) is 0 Å². The number of likely N-dealkylation sites (N-methyl/N-ethyl adjacent to an activating group) is 1. The number of ether oxygens (including phenoxy) is 1. The van der Waals surface area contributed by atoms with Gasteiger partial charge in [-0.1, -0.05) is 13.8 Å². The third-order valence-corrected chi connectivity index (χ3v) is 4.10. The van der Waals surface area contributed by atoms with Crippen LogP contribution in [0.2, 0.25) is 0 Å². The summed E-state index contributed by atoms with van der Waals surface area (Å²) in [6, 6.07) is 0. The van der Waals surface area contributed by atoms with Crippen molar-refractivity contribution in [2.45, 2.75) is 32.8 Å². The Balaban J connectivity index is 1.70. The summed E-state index contributed by atoms with van der Waals surface area (Å²) in [7, 11) is 0. The Hall–Kier alpha value is -0.120. The molecule has 0 amide bonds. The highest BCUT2D eigenvalue weighted by molar-refractivity contribution is 4.81. The van der Waals surface area contributed by atoms with E-state index in [4.69, 9.17) is 4.74 Å². The van der Waals surface area contributed by atoms with Crippen molar-refractivity contribution in [1.29, 1.82) is 0 Å². The SMILES string of the molecule is CCN(CC1CCCO1)CC(C)C1CNC1. The van der Waals surface area contributed by atoms with Gasteiger partial charge in [-0.3, -0.25) is 0 Å². The Morgan fingerprint density at radius 3 is 2.75 bits per heavy atom. The number of rotatable bonds is 6. The lowest BCUT2D eigenvalue weighted by Gasteiger charge is -2.36. The minimum absolute atomic E-state index is 0.506. The molecule has 2 fully saturated rings. The predicted octanol–water partition coefficient (Wildman–Crippen LogP) is 1.34. The minimum atomic E-state index is 0.506. The molecule has 2 saturated heterocycles. The van der Waals surface area contributed by atoms with Crippen molar-refractivity contribution in [3.63, 3.8) is 0 Å². The van der Waals surface area contributed by atoms with E-state index in [1.54, 1.807) is 0 Å². The quantitative estimate of drug-likeness (QED) is 0.740. The number of hydrogen-bond donors (Lipinski definition) is 1. The van der Waals surface area contributed by atoms with E-state index < -0.39 is 0 Å². The molecule has 2 unspecified atom stereocenters. The molecule has 16 heavy (non-hydrogen) atoms. The van der Waals surface area contributed by atoms with Gasteiger partial charge in [-0.05, 0) is 44.3 Å². The van der Waals surface area contributed by atoms with E-state index in [1.165, 1.54) is 32.5 Å². The van der Waals surface area contributed by atoms with Crippen LogP contribution < -0.4 is 5.32 Å². The third-order valence-electron chi connectivity index (χ3n) is 4.10. The summed E-state index contributed by atoms with van der Waals surface area (Å²) in [6.45, 7) is 11.6. The van der Waals surface area contributed by atoms with Crippen LogP contribution in [0.1, 0.15) is 26.7 Å². The maximum atomic E-state index is 5.71. The summed E-state index contributed by atoms with van der Waals surface area (Å²) in [6.07, 6.45) is 3.02. The van der Waals surface area contributed by atoms with Crippen molar-refractivity contribution in [2.24, 2.45) is 11.8 Å². The van der Waals surface area contributed by atoms with Gasteiger partial charge in [0.15, 0.2) is 0 Å². The van der Waals surface area contributed by atoms with Crippen LogP contribution in [0.5, 0.6) is 0 Å². The van der Waals surface area contributed by atoms with Crippen molar-refractivity contribution >= 4 is 0 Å². The zero-order valence-electron chi connectivity index (χ0n) is 10.7. The monoisotopic (exact) mass is 226 g/mol. The van der Waals surface area contributed by atoms with Gasteiger partial charge in [0.2, 0.25) is 0 Å². The maximum absolute atomic E-state index is 5.71. The number of hydrogen-bond acceptors (Lipinski definition) is 3. The molecule has 94 valence electrons. The van der Waals surface area contributed by atoms with Crippen LogP contribution >= 0.6 is 0 Å². The first-order valence-electron chi connectivity index (χ1n) is 6.84. The fourth-order valence-corrected chi connectivity index (χ4v) is 2.68. The van der Waals surface area contributed by atoms with E-state index in [1.807, 2.05) is 0 Å². The Bertz CT molecular complexity index is 200. The molecule has 0 radical (unpaired) electrons. The second-order valence-electron chi connectivity index (χ2n) is 5.38. The van der Waals surface area contributed by atoms with Crippen LogP contribution in [0, 0.1) is 11.8 Å². The molecule has 0 aromatic heterocycles. The highest BCUT2D eigenvalue weighted by Gasteiger charge is 2.26. The molecule has 0 aromatic carbocycles. The summed E-state index contributed by atoms with van der Waals surface area (Å²) in [5.41, 5.74) is 0. The fraction of sp³-hybridized carbons (Fsp3) is 1.00. The van der Waals surface area contributed by atoms with E-state index in [-0.39, 0.29) is 0 Å². The standard InChI is InChI=1S/C13H26N2O/c1-3-15(10-13-5-4-6-16-13)9-11(2)12-7-14-8-12/h11-14H,3-10H2,1-2H3. The molecule has 2 aliphatic heterocycles. The molecular weight excluding hydrogens is 200 g/mol. The topological polar surface area (TPSA) is 24.5 Å². The zero-order chi connectivity index (χ0) is 11.4. The van der Waals surface area contributed by atoms with Crippen LogP contribution in [0.15, 0.2) is 0 Å². The molecule has 2 rings (SSSR count). The van der Waals surface area contributed by atoms with Gasteiger partial charge in [0.1, 0.15) is 0 Å². The first-order chi connectivity index (χ1) is 7.79. The summed E-state index contributed by atoms with van der Waals surface area (Å²) in [5.74, 6) is 1.72. The number of nitrogens with one attached hydrogen (secondary N) is 1. The second-order valence-corrected chi connectivity index (χ2v) is 5.38. The van der Waals surface area contributed by atoms with Crippen LogP contribution in [0.3, 0.4) is 0 Å². The van der Waals surface area contributed by atoms with Gasteiger partial charge in [-0.25, -0.2) is 0 Å². The van der Waals surface area contributed by atoms with Crippen molar-refractivity contribution in [2.75, 3.05) is 39.3 Å².